The molecule has 0 saturated carbocycles. The zero-order chi connectivity index (χ0) is 8.97. The molecule has 0 spiro atoms. The van der Waals surface area contributed by atoms with E-state index in [0.717, 1.165) is 18.2 Å². The van der Waals surface area contributed by atoms with Gasteiger partial charge in [-0.25, -0.2) is 8.78 Å². The summed E-state index contributed by atoms with van der Waals surface area (Å²) in [7, 11) is 0. The Hall–Kier alpha value is -0.880. The standard InChI is InChI=1S/C9H5BrF2/c10-5-1-2-7-6-8(11)3-4-9(7)12/h3-4,6H,5H2. The van der Waals surface area contributed by atoms with Crippen LogP contribution >= 0.6 is 15.9 Å². The molecule has 3 heteroatoms. The number of hydrogen-bond acceptors (Lipinski definition) is 0. The predicted octanol–water partition coefficient (Wildman–Crippen LogP) is 2.71. The van der Waals surface area contributed by atoms with Gasteiger partial charge in [0.2, 0.25) is 0 Å². The molecule has 62 valence electrons. The number of benzene rings is 1. The van der Waals surface area contributed by atoms with Gasteiger partial charge in [-0.15, -0.1) is 0 Å². The van der Waals surface area contributed by atoms with Crippen molar-refractivity contribution in [1.29, 1.82) is 0 Å². The van der Waals surface area contributed by atoms with Gasteiger partial charge in [0, 0.05) is 0 Å². The van der Waals surface area contributed by atoms with Gasteiger partial charge in [-0.3, -0.25) is 0 Å². The van der Waals surface area contributed by atoms with Crippen molar-refractivity contribution >= 4 is 15.9 Å². The summed E-state index contributed by atoms with van der Waals surface area (Å²) in [5.41, 5.74) is 0.0921. The average molecular weight is 231 g/mol. The van der Waals surface area contributed by atoms with Crippen molar-refractivity contribution in [2.24, 2.45) is 0 Å². The molecule has 0 aliphatic heterocycles. The second-order valence-electron chi connectivity index (χ2n) is 2.06. The highest BCUT2D eigenvalue weighted by molar-refractivity contribution is 9.09. The van der Waals surface area contributed by atoms with Crippen LogP contribution in [0.5, 0.6) is 0 Å². The van der Waals surface area contributed by atoms with E-state index >= 15 is 0 Å². The summed E-state index contributed by atoms with van der Waals surface area (Å²) >= 11 is 3.06. The molecular formula is C9H5BrF2. The van der Waals surface area contributed by atoms with Gasteiger partial charge in [0.15, 0.2) is 0 Å². The van der Waals surface area contributed by atoms with E-state index in [9.17, 15) is 8.78 Å². The molecule has 0 aliphatic carbocycles. The lowest BCUT2D eigenvalue weighted by molar-refractivity contribution is 0.597. The first-order valence-electron chi connectivity index (χ1n) is 3.24. The van der Waals surface area contributed by atoms with Crippen LogP contribution in [0.25, 0.3) is 0 Å². The quantitative estimate of drug-likeness (QED) is 0.475. The third-order valence-electron chi connectivity index (χ3n) is 1.22. The van der Waals surface area contributed by atoms with E-state index < -0.39 is 11.6 Å². The molecule has 0 N–H and O–H groups in total. The molecule has 0 atom stereocenters. The lowest BCUT2D eigenvalue weighted by atomic mass is 10.2. The van der Waals surface area contributed by atoms with Crippen LogP contribution in [0.15, 0.2) is 18.2 Å². The molecule has 0 radical (unpaired) electrons. The largest absolute Gasteiger partial charge is 0.207 e. The summed E-state index contributed by atoms with van der Waals surface area (Å²) in [5, 5.41) is 0.447. The van der Waals surface area contributed by atoms with Crippen LogP contribution in [-0.2, 0) is 0 Å². The van der Waals surface area contributed by atoms with E-state index in [1.54, 1.807) is 0 Å². The van der Waals surface area contributed by atoms with E-state index in [1.807, 2.05) is 0 Å². The molecule has 0 nitrogen and oxygen atoms in total. The number of halogens is 3. The lowest BCUT2D eigenvalue weighted by Crippen LogP contribution is -1.84. The first-order valence-corrected chi connectivity index (χ1v) is 4.36. The maximum Gasteiger partial charge on any atom is 0.139 e. The molecule has 0 heterocycles. The molecule has 1 rings (SSSR count). The van der Waals surface area contributed by atoms with Crippen LogP contribution in [0.4, 0.5) is 8.78 Å². The third-order valence-corrected chi connectivity index (χ3v) is 1.50. The zero-order valence-corrected chi connectivity index (χ0v) is 7.66. The summed E-state index contributed by atoms with van der Waals surface area (Å²) in [6.07, 6.45) is 0. The van der Waals surface area contributed by atoms with Gasteiger partial charge in [0.05, 0.1) is 10.9 Å². The fourth-order valence-electron chi connectivity index (χ4n) is 0.722. The smallest absolute Gasteiger partial charge is 0.139 e. The molecule has 12 heavy (non-hydrogen) atoms. The van der Waals surface area contributed by atoms with Crippen molar-refractivity contribution in [2.45, 2.75) is 0 Å². The van der Waals surface area contributed by atoms with Crippen molar-refractivity contribution in [3.63, 3.8) is 0 Å². The summed E-state index contributed by atoms with van der Waals surface area (Å²) in [6.45, 7) is 0. The molecule has 1 aromatic rings. The molecule has 0 saturated heterocycles. The first-order chi connectivity index (χ1) is 5.74. The Labute approximate surface area is 77.7 Å². The fraction of sp³-hybridized carbons (Fsp3) is 0.111. The monoisotopic (exact) mass is 230 g/mol. The minimum Gasteiger partial charge on any atom is -0.207 e. The Kier molecular flexibility index (Phi) is 3.24. The second kappa shape index (κ2) is 4.22. The average Bonchev–Trinajstić information content (AvgIpc) is 2.07. The van der Waals surface area contributed by atoms with Crippen LogP contribution in [-0.4, -0.2) is 5.33 Å². The summed E-state index contributed by atoms with van der Waals surface area (Å²) in [4.78, 5) is 0. The number of hydrogen-bond donors (Lipinski definition) is 0. The molecular weight excluding hydrogens is 226 g/mol. The van der Waals surface area contributed by atoms with Gasteiger partial charge in [0.1, 0.15) is 11.6 Å². The van der Waals surface area contributed by atoms with Crippen molar-refractivity contribution in [3.05, 3.63) is 35.4 Å². The molecule has 1 aromatic carbocycles. The summed E-state index contributed by atoms with van der Waals surface area (Å²) < 4.78 is 25.3. The van der Waals surface area contributed by atoms with Gasteiger partial charge >= 0.3 is 0 Å². The van der Waals surface area contributed by atoms with Crippen LogP contribution in [0.3, 0.4) is 0 Å². The van der Waals surface area contributed by atoms with Crippen LogP contribution in [0, 0.1) is 23.5 Å². The second-order valence-corrected chi connectivity index (χ2v) is 2.62. The zero-order valence-electron chi connectivity index (χ0n) is 6.07. The maximum atomic E-state index is 12.8. The molecule has 0 aliphatic rings. The fourth-order valence-corrected chi connectivity index (χ4v) is 0.862. The van der Waals surface area contributed by atoms with Crippen molar-refractivity contribution in [3.8, 4) is 11.8 Å². The normalized spacial score (nSPS) is 8.92. The van der Waals surface area contributed by atoms with Crippen LogP contribution < -0.4 is 0 Å². The predicted molar refractivity (Wildman–Crippen MR) is 47.0 cm³/mol. The first kappa shape index (κ1) is 9.21. The SMILES string of the molecule is Fc1ccc(F)c(C#CCBr)c1. The Morgan fingerprint density at radius 1 is 1.33 bits per heavy atom. The van der Waals surface area contributed by atoms with Crippen LogP contribution in [0.2, 0.25) is 0 Å². The Bertz CT molecular complexity index is 336. The molecule has 0 unspecified atom stereocenters. The summed E-state index contributed by atoms with van der Waals surface area (Å²) in [6, 6.07) is 3.20. The molecule has 0 fully saturated rings. The topological polar surface area (TPSA) is 0 Å². The van der Waals surface area contributed by atoms with E-state index in [1.165, 1.54) is 0 Å². The van der Waals surface area contributed by atoms with Crippen molar-refractivity contribution < 1.29 is 8.78 Å². The Morgan fingerprint density at radius 2 is 2.08 bits per heavy atom. The lowest BCUT2D eigenvalue weighted by Gasteiger charge is -1.92. The molecule has 0 aromatic heterocycles. The van der Waals surface area contributed by atoms with E-state index in [0.29, 0.717) is 5.33 Å². The molecule has 0 amide bonds. The van der Waals surface area contributed by atoms with Gasteiger partial charge in [0.25, 0.3) is 0 Å². The highest BCUT2D eigenvalue weighted by Gasteiger charge is 1.99. The van der Waals surface area contributed by atoms with Gasteiger partial charge in [-0.2, -0.15) is 0 Å². The molecule has 0 bridgehead atoms. The van der Waals surface area contributed by atoms with Gasteiger partial charge in [-0.1, -0.05) is 27.8 Å². The minimum atomic E-state index is -0.496. The highest BCUT2D eigenvalue weighted by Crippen LogP contribution is 2.07. The highest BCUT2D eigenvalue weighted by atomic mass is 79.9. The van der Waals surface area contributed by atoms with E-state index in [2.05, 4.69) is 27.8 Å². The van der Waals surface area contributed by atoms with Gasteiger partial charge < -0.3 is 0 Å². The van der Waals surface area contributed by atoms with Crippen molar-refractivity contribution in [1.82, 2.24) is 0 Å². The third kappa shape index (κ3) is 2.31. The number of alkyl halides is 1. The maximum absolute atomic E-state index is 12.8. The Morgan fingerprint density at radius 3 is 2.75 bits per heavy atom. The van der Waals surface area contributed by atoms with Crippen molar-refractivity contribution in [2.75, 3.05) is 5.33 Å². The van der Waals surface area contributed by atoms with Crippen LogP contribution in [0.1, 0.15) is 5.56 Å². The number of rotatable bonds is 0. The Balaban J connectivity index is 3.05. The van der Waals surface area contributed by atoms with Gasteiger partial charge in [-0.05, 0) is 18.2 Å². The minimum absolute atomic E-state index is 0.0921. The summed E-state index contributed by atoms with van der Waals surface area (Å²) in [5.74, 6) is 4.11. The van der Waals surface area contributed by atoms with E-state index in [-0.39, 0.29) is 5.56 Å². The van der Waals surface area contributed by atoms with E-state index in [4.69, 9.17) is 0 Å².